The first-order chi connectivity index (χ1) is 13.1. The zero-order valence-electron chi connectivity index (χ0n) is 15.1. The Morgan fingerprint density at radius 1 is 1.22 bits per heavy atom. The average Bonchev–Trinajstić information content (AvgIpc) is 3.15. The van der Waals surface area contributed by atoms with Crippen molar-refractivity contribution in [1.29, 1.82) is 0 Å². The highest BCUT2D eigenvalue weighted by Gasteiger charge is 2.24. The quantitative estimate of drug-likeness (QED) is 0.609. The van der Waals surface area contributed by atoms with Crippen molar-refractivity contribution in [3.05, 3.63) is 65.5 Å². The number of nitrogens with zero attached hydrogens (tertiary/aromatic N) is 3. The van der Waals surface area contributed by atoms with Crippen molar-refractivity contribution in [2.24, 2.45) is 0 Å². The van der Waals surface area contributed by atoms with Crippen molar-refractivity contribution in [3.8, 4) is 17.1 Å². The molecule has 7 heteroatoms. The summed E-state index contributed by atoms with van der Waals surface area (Å²) in [5.74, 6) is 1.24. The van der Waals surface area contributed by atoms with E-state index < -0.39 is 6.10 Å². The van der Waals surface area contributed by atoms with Crippen LogP contribution in [0.15, 0.2) is 59.1 Å². The SMILES string of the molecule is CC[C@@H](Oc1cccc(Cl)c1)C(=O)N(C)Cc1nc(-c2ccccc2)no1. The number of hydrogen-bond acceptors (Lipinski definition) is 5. The molecule has 3 aromatic rings. The molecule has 2 aromatic carbocycles. The van der Waals surface area contributed by atoms with Gasteiger partial charge in [0.25, 0.3) is 5.91 Å². The monoisotopic (exact) mass is 385 g/mol. The molecule has 1 aromatic heterocycles. The highest BCUT2D eigenvalue weighted by atomic mass is 35.5. The molecule has 0 radical (unpaired) electrons. The summed E-state index contributed by atoms with van der Waals surface area (Å²) in [5, 5.41) is 4.53. The van der Waals surface area contributed by atoms with Gasteiger partial charge in [-0.25, -0.2) is 0 Å². The van der Waals surface area contributed by atoms with Gasteiger partial charge in [-0.3, -0.25) is 4.79 Å². The lowest BCUT2D eigenvalue weighted by Gasteiger charge is -2.22. The van der Waals surface area contributed by atoms with E-state index in [4.69, 9.17) is 20.9 Å². The standard InChI is InChI=1S/C20H20ClN3O3/c1-3-17(26-16-11-7-10-15(21)12-16)20(25)24(2)13-18-22-19(23-27-18)14-8-5-4-6-9-14/h4-12,17H,3,13H2,1-2H3/t17-/m1/s1. The van der Waals surface area contributed by atoms with Crippen molar-refractivity contribution in [3.63, 3.8) is 0 Å². The van der Waals surface area contributed by atoms with Crippen LogP contribution < -0.4 is 4.74 Å². The summed E-state index contributed by atoms with van der Waals surface area (Å²) in [6.07, 6.45) is -0.0978. The normalized spacial score (nSPS) is 11.8. The minimum absolute atomic E-state index is 0.170. The van der Waals surface area contributed by atoms with Gasteiger partial charge in [-0.05, 0) is 24.6 Å². The zero-order chi connectivity index (χ0) is 19.2. The van der Waals surface area contributed by atoms with Gasteiger partial charge in [0.2, 0.25) is 11.7 Å². The third-order valence-electron chi connectivity index (χ3n) is 3.97. The number of likely N-dealkylation sites (N-methyl/N-ethyl adjacent to an activating group) is 1. The number of rotatable bonds is 7. The number of carbonyl (C=O) groups is 1. The second-order valence-corrected chi connectivity index (χ2v) is 6.48. The molecule has 1 amide bonds. The Labute approximate surface area is 162 Å². The summed E-state index contributed by atoms with van der Waals surface area (Å²) in [7, 11) is 1.68. The maximum absolute atomic E-state index is 12.7. The first-order valence-electron chi connectivity index (χ1n) is 8.62. The van der Waals surface area contributed by atoms with Gasteiger partial charge in [0, 0.05) is 17.6 Å². The second-order valence-electron chi connectivity index (χ2n) is 6.04. The molecule has 0 unspecified atom stereocenters. The van der Waals surface area contributed by atoms with Crippen LogP contribution in [0.4, 0.5) is 0 Å². The third kappa shape index (κ3) is 4.86. The first-order valence-corrected chi connectivity index (χ1v) is 9.00. The van der Waals surface area contributed by atoms with E-state index in [1.807, 2.05) is 37.3 Å². The second kappa shape index (κ2) is 8.68. The number of halogens is 1. The Kier molecular flexibility index (Phi) is 6.08. The molecule has 0 fully saturated rings. The molecule has 0 spiro atoms. The highest BCUT2D eigenvalue weighted by molar-refractivity contribution is 6.30. The lowest BCUT2D eigenvalue weighted by Crippen LogP contribution is -2.39. The molecule has 0 N–H and O–H groups in total. The van der Waals surface area contributed by atoms with E-state index in [2.05, 4.69) is 10.1 Å². The van der Waals surface area contributed by atoms with E-state index in [-0.39, 0.29) is 12.5 Å². The van der Waals surface area contributed by atoms with E-state index in [1.54, 1.807) is 31.3 Å². The van der Waals surface area contributed by atoms with Crippen LogP contribution in [-0.2, 0) is 11.3 Å². The summed E-state index contributed by atoms with van der Waals surface area (Å²) in [6, 6.07) is 16.5. The van der Waals surface area contributed by atoms with Gasteiger partial charge in [0.15, 0.2) is 6.10 Å². The number of ether oxygens (including phenoxy) is 1. The molecule has 140 valence electrons. The van der Waals surface area contributed by atoms with E-state index in [0.29, 0.717) is 28.9 Å². The predicted molar refractivity (Wildman–Crippen MR) is 102 cm³/mol. The summed E-state index contributed by atoms with van der Waals surface area (Å²) in [6.45, 7) is 2.09. The highest BCUT2D eigenvalue weighted by Crippen LogP contribution is 2.20. The fourth-order valence-corrected chi connectivity index (χ4v) is 2.74. The Morgan fingerprint density at radius 3 is 2.70 bits per heavy atom. The summed E-state index contributed by atoms with van der Waals surface area (Å²) < 4.78 is 11.1. The van der Waals surface area contributed by atoms with Gasteiger partial charge in [0.05, 0.1) is 6.54 Å². The Morgan fingerprint density at radius 2 is 2.00 bits per heavy atom. The number of carbonyl (C=O) groups excluding carboxylic acids is 1. The number of aromatic nitrogens is 2. The Bertz CT molecular complexity index is 898. The lowest BCUT2D eigenvalue weighted by molar-refractivity contribution is -0.138. The van der Waals surface area contributed by atoms with Crippen molar-refractivity contribution in [1.82, 2.24) is 15.0 Å². The van der Waals surface area contributed by atoms with Crippen molar-refractivity contribution in [2.45, 2.75) is 26.0 Å². The summed E-state index contributed by atoms with van der Waals surface area (Å²) in [4.78, 5) is 18.6. The lowest BCUT2D eigenvalue weighted by atomic mass is 10.2. The Hall–Kier alpha value is -2.86. The van der Waals surface area contributed by atoms with Crippen molar-refractivity contribution >= 4 is 17.5 Å². The van der Waals surface area contributed by atoms with Crippen LogP contribution in [0, 0.1) is 0 Å². The fourth-order valence-electron chi connectivity index (χ4n) is 2.56. The first kappa shape index (κ1) is 18.9. The smallest absolute Gasteiger partial charge is 0.263 e. The maximum Gasteiger partial charge on any atom is 0.263 e. The van der Waals surface area contributed by atoms with Crippen molar-refractivity contribution in [2.75, 3.05) is 7.05 Å². The average molecular weight is 386 g/mol. The molecule has 0 aliphatic rings. The number of hydrogen-bond donors (Lipinski definition) is 0. The predicted octanol–water partition coefficient (Wildman–Crippen LogP) is 4.21. The molecule has 1 atom stereocenters. The van der Waals surface area contributed by atoms with Gasteiger partial charge in [-0.2, -0.15) is 4.98 Å². The third-order valence-corrected chi connectivity index (χ3v) is 4.20. The zero-order valence-corrected chi connectivity index (χ0v) is 15.9. The van der Waals surface area contributed by atoms with Gasteiger partial charge in [-0.1, -0.05) is 60.1 Å². The van der Waals surface area contributed by atoms with Crippen LogP contribution in [0.3, 0.4) is 0 Å². The minimum Gasteiger partial charge on any atom is -0.481 e. The van der Waals surface area contributed by atoms with E-state index in [0.717, 1.165) is 5.56 Å². The van der Waals surface area contributed by atoms with Crippen molar-refractivity contribution < 1.29 is 14.1 Å². The minimum atomic E-state index is -0.620. The van der Waals surface area contributed by atoms with Gasteiger partial charge in [-0.15, -0.1) is 0 Å². The molecule has 0 aliphatic heterocycles. The number of amides is 1. The van der Waals surface area contributed by atoms with E-state index in [9.17, 15) is 4.79 Å². The summed E-state index contributed by atoms with van der Waals surface area (Å²) >= 11 is 5.97. The molecule has 0 bridgehead atoms. The molecular formula is C20H20ClN3O3. The van der Waals surface area contributed by atoms with Crippen LogP contribution >= 0.6 is 11.6 Å². The molecule has 3 rings (SSSR count). The van der Waals surface area contributed by atoms with Crippen LogP contribution in [0.1, 0.15) is 19.2 Å². The van der Waals surface area contributed by atoms with E-state index in [1.165, 1.54) is 4.90 Å². The molecular weight excluding hydrogens is 366 g/mol. The Balaban J connectivity index is 1.65. The van der Waals surface area contributed by atoms with Crippen LogP contribution in [0.25, 0.3) is 11.4 Å². The van der Waals surface area contributed by atoms with Gasteiger partial charge in [0.1, 0.15) is 5.75 Å². The van der Waals surface area contributed by atoms with Crippen LogP contribution in [-0.4, -0.2) is 34.1 Å². The molecule has 1 heterocycles. The molecule has 0 saturated carbocycles. The topological polar surface area (TPSA) is 68.5 Å². The molecule has 0 aliphatic carbocycles. The maximum atomic E-state index is 12.7. The van der Waals surface area contributed by atoms with Gasteiger partial charge < -0.3 is 14.2 Å². The summed E-state index contributed by atoms with van der Waals surface area (Å²) in [5.41, 5.74) is 0.859. The largest absolute Gasteiger partial charge is 0.481 e. The van der Waals surface area contributed by atoms with Gasteiger partial charge >= 0.3 is 0 Å². The van der Waals surface area contributed by atoms with E-state index >= 15 is 0 Å². The van der Waals surface area contributed by atoms with Crippen LogP contribution in [0.5, 0.6) is 5.75 Å². The fraction of sp³-hybridized carbons (Fsp3) is 0.250. The molecule has 0 saturated heterocycles. The molecule has 6 nitrogen and oxygen atoms in total. The van der Waals surface area contributed by atoms with Crippen LogP contribution in [0.2, 0.25) is 5.02 Å². The molecule has 27 heavy (non-hydrogen) atoms. The number of benzene rings is 2.